The lowest BCUT2D eigenvalue weighted by molar-refractivity contribution is -0.275. The van der Waals surface area contributed by atoms with E-state index in [1.165, 1.54) is 43.6 Å². The van der Waals surface area contributed by atoms with Gasteiger partial charge in [0, 0.05) is 11.8 Å². The number of methoxy groups -OCH3 is 1. The largest absolute Gasteiger partial charge is 0.573 e. The van der Waals surface area contributed by atoms with E-state index < -0.39 is 41.7 Å². The molecule has 3 rings (SSSR count). The van der Waals surface area contributed by atoms with Crippen molar-refractivity contribution in [3.8, 4) is 5.75 Å². The first-order valence-electron chi connectivity index (χ1n) is 9.24. The summed E-state index contributed by atoms with van der Waals surface area (Å²) in [5, 5.41) is 2.48. The van der Waals surface area contributed by atoms with Crippen LogP contribution in [0.4, 0.5) is 22.0 Å². The highest BCUT2D eigenvalue weighted by Gasteiger charge is 2.33. The number of nitrogens with zero attached hydrogens (tertiary/aromatic N) is 1. The van der Waals surface area contributed by atoms with Gasteiger partial charge in [-0.25, -0.2) is 13.6 Å². The highest BCUT2D eigenvalue weighted by molar-refractivity contribution is 5.96. The maximum Gasteiger partial charge on any atom is 0.573 e. The Labute approximate surface area is 184 Å². The first-order valence-corrected chi connectivity index (χ1v) is 9.24. The second kappa shape index (κ2) is 9.63. The monoisotopic (exact) mass is 466 g/mol. The fourth-order valence-corrected chi connectivity index (χ4v) is 2.91. The van der Waals surface area contributed by atoms with Crippen LogP contribution >= 0.6 is 0 Å². The Morgan fingerprint density at radius 2 is 1.64 bits per heavy atom. The smallest absolute Gasteiger partial charge is 0.465 e. The summed E-state index contributed by atoms with van der Waals surface area (Å²) in [6, 6.07) is 8.73. The molecule has 0 aliphatic rings. The number of hydrogen-bond acceptors (Lipinski definition) is 5. The van der Waals surface area contributed by atoms with Crippen molar-refractivity contribution in [1.29, 1.82) is 0 Å². The van der Waals surface area contributed by atoms with Gasteiger partial charge in [-0.2, -0.15) is 0 Å². The van der Waals surface area contributed by atoms with E-state index in [0.29, 0.717) is 12.1 Å². The fourth-order valence-electron chi connectivity index (χ4n) is 2.91. The van der Waals surface area contributed by atoms with Crippen LogP contribution in [-0.4, -0.2) is 30.3 Å². The van der Waals surface area contributed by atoms with Crippen LogP contribution in [0, 0.1) is 11.6 Å². The average molecular weight is 466 g/mol. The Morgan fingerprint density at radius 3 is 2.21 bits per heavy atom. The number of rotatable bonds is 6. The summed E-state index contributed by atoms with van der Waals surface area (Å²) in [7, 11) is 1.19. The van der Waals surface area contributed by atoms with Gasteiger partial charge in [0.05, 0.1) is 18.7 Å². The zero-order chi connectivity index (χ0) is 24.2. The predicted octanol–water partition coefficient (Wildman–Crippen LogP) is 4.56. The maximum absolute atomic E-state index is 14.4. The molecule has 0 radical (unpaired) electrons. The Morgan fingerprint density at radius 1 is 0.970 bits per heavy atom. The quantitative estimate of drug-likeness (QED) is 0.426. The molecule has 1 heterocycles. The minimum Gasteiger partial charge on any atom is -0.465 e. The molecule has 11 heteroatoms. The van der Waals surface area contributed by atoms with E-state index in [1.54, 1.807) is 0 Å². The third-order valence-corrected chi connectivity index (χ3v) is 4.42. The third kappa shape index (κ3) is 5.82. The number of carbonyl (C=O) groups excluding carboxylic acids is 2. The number of alkyl halides is 3. The predicted molar refractivity (Wildman–Crippen MR) is 104 cm³/mol. The van der Waals surface area contributed by atoms with E-state index in [1.807, 2.05) is 0 Å². The van der Waals surface area contributed by atoms with E-state index in [4.69, 9.17) is 0 Å². The van der Waals surface area contributed by atoms with Gasteiger partial charge in [-0.1, -0.05) is 6.07 Å². The normalized spacial score (nSPS) is 12.1. The third-order valence-electron chi connectivity index (χ3n) is 4.42. The fraction of sp³-hybridized carbons (Fsp3) is 0.136. The lowest BCUT2D eigenvalue weighted by Crippen LogP contribution is -2.30. The lowest BCUT2D eigenvalue weighted by atomic mass is 10.0. The van der Waals surface area contributed by atoms with Crippen molar-refractivity contribution in [3.63, 3.8) is 0 Å². The number of amides is 1. The Bertz CT molecular complexity index is 1170. The molecule has 1 amide bonds. The molecule has 1 N–H and O–H groups in total. The molecule has 0 fully saturated rings. The van der Waals surface area contributed by atoms with Crippen LogP contribution in [0.1, 0.15) is 38.0 Å². The average Bonchev–Trinajstić information content (AvgIpc) is 2.78. The molecule has 0 aliphatic heterocycles. The molecule has 1 unspecified atom stereocenters. The van der Waals surface area contributed by atoms with Crippen molar-refractivity contribution < 1.29 is 41.0 Å². The van der Waals surface area contributed by atoms with Crippen molar-refractivity contribution in [1.82, 2.24) is 10.3 Å². The molecule has 1 aromatic heterocycles. The summed E-state index contributed by atoms with van der Waals surface area (Å²) < 4.78 is 74.2. The van der Waals surface area contributed by atoms with E-state index in [9.17, 15) is 31.5 Å². The number of aromatic nitrogens is 1. The Balaban J connectivity index is 1.95. The molecule has 1 atom stereocenters. The van der Waals surface area contributed by atoms with Crippen LogP contribution in [0.15, 0.2) is 60.8 Å². The number of benzene rings is 2. The molecule has 172 valence electrons. The van der Waals surface area contributed by atoms with Gasteiger partial charge in [0.2, 0.25) is 0 Å². The SMILES string of the molecule is COC(=O)c1ccc(C(=O)NC(c2ccc(OC(F)(F)F)c(F)c2)c2ncccc2F)cc1. The van der Waals surface area contributed by atoms with Crippen LogP contribution in [0.2, 0.25) is 0 Å². The van der Waals surface area contributed by atoms with Crippen molar-refractivity contribution in [2.45, 2.75) is 12.4 Å². The second-order valence-corrected chi connectivity index (χ2v) is 6.58. The molecule has 0 saturated carbocycles. The number of nitrogens with one attached hydrogen (secondary N) is 1. The van der Waals surface area contributed by atoms with Gasteiger partial charge >= 0.3 is 12.3 Å². The number of esters is 1. The number of hydrogen-bond donors (Lipinski definition) is 1. The summed E-state index contributed by atoms with van der Waals surface area (Å²) >= 11 is 0. The molecule has 0 saturated heterocycles. The van der Waals surface area contributed by atoms with Crippen LogP contribution < -0.4 is 10.1 Å². The van der Waals surface area contributed by atoms with E-state index in [2.05, 4.69) is 19.8 Å². The molecule has 0 bridgehead atoms. The lowest BCUT2D eigenvalue weighted by Gasteiger charge is -2.20. The molecule has 33 heavy (non-hydrogen) atoms. The van der Waals surface area contributed by atoms with Crippen LogP contribution in [-0.2, 0) is 4.74 Å². The van der Waals surface area contributed by atoms with Gasteiger partial charge in [0.15, 0.2) is 11.6 Å². The molecular formula is C22H15F5N2O4. The maximum atomic E-state index is 14.4. The standard InChI is InChI=1S/C22H15F5N2O4/c1-32-21(31)13-6-4-12(5-7-13)20(30)29-18(19-15(23)3-2-10-28-19)14-8-9-17(16(24)11-14)33-22(25,26)27/h2-11,18H,1H3,(H,29,30). The van der Waals surface area contributed by atoms with Gasteiger partial charge in [0.25, 0.3) is 5.91 Å². The topological polar surface area (TPSA) is 77.5 Å². The minimum absolute atomic E-state index is 0.0708. The Hall–Kier alpha value is -4.02. The summed E-state index contributed by atoms with van der Waals surface area (Å²) in [6.45, 7) is 0. The zero-order valence-electron chi connectivity index (χ0n) is 16.8. The zero-order valence-corrected chi connectivity index (χ0v) is 16.8. The van der Waals surface area contributed by atoms with Crippen molar-refractivity contribution in [2.24, 2.45) is 0 Å². The highest BCUT2D eigenvalue weighted by Crippen LogP contribution is 2.30. The van der Waals surface area contributed by atoms with Crippen molar-refractivity contribution in [2.75, 3.05) is 7.11 Å². The molecule has 0 spiro atoms. The van der Waals surface area contributed by atoms with Crippen LogP contribution in [0.5, 0.6) is 5.75 Å². The number of halogens is 5. The first-order chi connectivity index (χ1) is 15.6. The van der Waals surface area contributed by atoms with Crippen molar-refractivity contribution in [3.05, 3.63) is 94.8 Å². The first kappa shape index (κ1) is 23.6. The van der Waals surface area contributed by atoms with E-state index in [-0.39, 0.29) is 22.4 Å². The molecular weight excluding hydrogens is 451 g/mol. The summed E-state index contributed by atoms with van der Waals surface area (Å²) in [4.78, 5) is 28.2. The second-order valence-electron chi connectivity index (χ2n) is 6.58. The van der Waals surface area contributed by atoms with Gasteiger partial charge in [-0.3, -0.25) is 9.78 Å². The number of ether oxygens (including phenoxy) is 2. The molecule has 2 aromatic carbocycles. The van der Waals surface area contributed by atoms with E-state index in [0.717, 1.165) is 12.1 Å². The highest BCUT2D eigenvalue weighted by atomic mass is 19.4. The molecule has 6 nitrogen and oxygen atoms in total. The minimum atomic E-state index is -5.11. The van der Waals surface area contributed by atoms with Gasteiger partial charge in [-0.05, 0) is 54.1 Å². The summed E-state index contributed by atoms with van der Waals surface area (Å²) in [5.74, 6) is -4.65. The summed E-state index contributed by atoms with van der Waals surface area (Å²) in [6.07, 6.45) is -3.88. The van der Waals surface area contributed by atoms with Gasteiger partial charge < -0.3 is 14.8 Å². The van der Waals surface area contributed by atoms with Gasteiger partial charge in [0.1, 0.15) is 11.5 Å². The van der Waals surface area contributed by atoms with Crippen LogP contribution in [0.3, 0.4) is 0 Å². The van der Waals surface area contributed by atoms with Gasteiger partial charge in [-0.15, -0.1) is 13.2 Å². The number of carbonyl (C=O) groups is 2. The summed E-state index contributed by atoms with van der Waals surface area (Å²) in [5.41, 5.74) is -0.120. The van der Waals surface area contributed by atoms with E-state index >= 15 is 0 Å². The molecule has 0 aliphatic carbocycles. The number of pyridine rings is 1. The Kier molecular flexibility index (Phi) is 6.90. The van der Waals surface area contributed by atoms with Crippen LogP contribution in [0.25, 0.3) is 0 Å². The van der Waals surface area contributed by atoms with Crippen molar-refractivity contribution >= 4 is 11.9 Å². The molecule has 3 aromatic rings.